The average Bonchev–Trinajstić information content (AvgIpc) is 2.62. The van der Waals surface area contributed by atoms with Gasteiger partial charge in [-0.1, -0.05) is 30.3 Å². The number of hydrogen-bond acceptors (Lipinski definition) is 5. The molecule has 0 bridgehead atoms. The van der Waals surface area contributed by atoms with E-state index in [-0.39, 0.29) is 19.1 Å². The van der Waals surface area contributed by atoms with Crippen LogP contribution < -0.4 is 4.57 Å². The highest BCUT2D eigenvalue weighted by molar-refractivity contribution is 5.88. The van der Waals surface area contributed by atoms with Gasteiger partial charge in [0, 0.05) is 6.07 Å². The molecule has 0 saturated carbocycles. The first-order valence-electron chi connectivity index (χ1n) is 8.12. The third-order valence-corrected chi connectivity index (χ3v) is 3.28. The van der Waals surface area contributed by atoms with Crippen molar-refractivity contribution in [2.75, 3.05) is 19.8 Å². The second-order valence-electron chi connectivity index (χ2n) is 5.24. The molecule has 0 N–H and O–H groups in total. The molecule has 1 heterocycles. The van der Waals surface area contributed by atoms with Crippen molar-refractivity contribution in [3.8, 4) is 0 Å². The molecule has 0 saturated heterocycles. The molecule has 0 radical (unpaired) electrons. The van der Waals surface area contributed by atoms with E-state index in [1.54, 1.807) is 36.0 Å². The first kappa shape index (κ1) is 18.6. The van der Waals surface area contributed by atoms with Gasteiger partial charge in [-0.15, -0.1) is 0 Å². The molecule has 0 aliphatic heterocycles. The molecule has 0 spiro atoms. The highest BCUT2D eigenvalue weighted by Gasteiger charge is 2.15. The molecular formula is C19H22NO5+. The van der Waals surface area contributed by atoms with Gasteiger partial charge in [0.1, 0.15) is 12.2 Å². The Hall–Kier alpha value is -2.73. The number of carbonyl (C=O) groups excluding carboxylic acids is 2. The number of esters is 2. The Kier molecular flexibility index (Phi) is 7.59. The standard InChI is InChI=1S/C19H22NO5/c1-2-24-18(21)14-20-10-6-9-17(13-20)19(22)25-12-11-23-15-16-7-4-3-5-8-16/h3-10,13H,2,11-12,14-15H2,1H3/q+1. The lowest BCUT2D eigenvalue weighted by molar-refractivity contribution is -0.686. The van der Waals surface area contributed by atoms with Crippen molar-refractivity contribution in [3.05, 3.63) is 66.0 Å². The van der Waals surface area contributed by atoms with E-state index in [2.05, 4.69) is 0 Å². The van der Waals surface area contributed by atoms with Gasteiger partial charge in [-0.2, -0.15) is 4.57 Å². The highest BCUT2D eigenvalue weighted by Crippen LogP contribution is 2.01. The Morgan fingerprint density at radius 2 is 1.80 bits per heavy atom. The number of rotatable bonds is 9. The van der Waals surface area contributed by atoms with Crippen molar-refractivity contribution < 1.29 is 28.4 Å². The first-order valence-corrected chi connectivity index (χ1v) is 8.12. The van der Waals surface area contributed by atoms with Gasteiger partial charge in [-0.05, 0) is 18.6 Å². The average molecular weight is 344 g/mol. The molecule has 6 nitrogen and oxygen atoms in total. The minimum absolute atomic E-state index is 0.0507. The first-order chi connectivity index (χ1) is 12.2. The Balaban J connectivity index is 1.74. The molecule has 0 atom stereocenters. The largest absolute Gasteiger partial charge is 0.461 e. The SMILES string of the molecule is CCOC(=O)C[n+]1cccc(C(=O)OCCOCc2ccccc2)c1. The summed E-state index contributed by atoms with van der Waals surface area (Å²) in [6, 6.07) is 13.1. The fourth-order valence-electron chi connectivity index (χ4n) is 2.14. The normalized spacial score (nSPS) is 10.3. The molecule has 1 aromatic heterocycles. The smallest absolute Gasteiger partial charge is 0.372 e. The number of hydrogen-bond donors (Lipinski definition) is 0. The van der Waals surface area contributed by atoms with E-state index in [9.17, 15) is 9.59 Å². The summed E-state index contributed by atoms with van der Waals surface area (Å²) in [7, 11) is 0. The summed E-state index contributed by atoms with van der Waals surface area (Å²) in [5.41, 5.74) is 1.44. The van der Waals surface area contributed by atoms with Crippen molar-refractivity contribution >= 4 is 11.9 Å². The van der Waals surface area contributed by atoms with Crippen LogP contribution in [-0.4, -0.2) is 31.8 Å². The molecule has 132 valence electrons. The van der Waals surface area contributed by atoms with E-state index in [1.165, 1.54) is 0 Å². The Morgan fingerprint density at radius 3 is 2.56 bits per heavy atom. The molecule has 2 rings (SSSR count). The topological polar surface area (TPSA) is 65.7 Å². The molecule has 0 amide bonds. The minimum atomic E-state index is -0.457. The second kappa shape index (κ2) is 10.2. The number of benzene rings is 1. The molecule has 6 heteroatoms. The van der Waals surface area contributed by atoms with Crippen LogP contribution in [0.2, 0.25) is 0 Å². The van der Waals surface area contributed by atoms with Gasteiger partial charge in [-0.3, -0.25) is 0 Å². The molecule has 0 aliphatic carbocycles. The predicted octanol–water partition coefficient (Wildman–Crippen LogP) is 1.91. The van der Waals surface area contributed by atoms with Gasteiger partial charge < -0.3 is 14.2 Å². The summed E-state index contributed by atoms with van der Waals surface area (Å²) in [6.07, 6.45) is 3.25. The number of ether oxygens (including phenoxy) is 3. The van der Waals surface area contributed by atoms with Crippen LogP contribution in [0.4, 0.5) is 0 Å². The van der Waals surface area contributed by atoms with Crippen LogP contribution in [0.15, 0.2) is 54.9 Å². The fourth-order valence-corrected chi connectivity index (χ4v) is 2.14. The number of pyridine rings is 1. The van der Waals surface area contributed by atoms with Crippen molar-refractivity contribution in [1.82, 2.24) is 0 Å². The molecule has 0 unspecified atom stereocenters. The number of nitrogens with zero attached hydrogens (tertiary/aromatic N) is 1. The lowest BCUT2D eigenvalue weighted by atomic mass is 10.2. The van der Waals surface area contributed by atoms with E-state index < -0.39 is 5.97 Å². The molecule has 0 fully saturated rings. The van der Waals surface area contributed by atoms with Crippen LogP contribution in [0, 0.1) is 0 Å². The van der Waals surface area contributed by atoms with Gasteiger partial charge in [0.15, 0.2) is 12.4 Å². The van der Waals surface area contributed by atoms with Crippen LogP contribution in [0.3, 0.4) is 0 Å². The summed E-state index contributed by atoms with van der Waals surface area (Å²) in [5, 5.41) is 0. The molecule has 1 aromatic carbocycles. The third-order valence-electron chi connectivity index (χ3n) is 3.28. The van der Waals surface area contributed by atoms with Gasteiger partial charge >= 0.3 is 11.9 Å². The summed E-state index contributed by atoms with van der Waals surface area (Å²) < 4.78 is 17.1. The van der Waals surface area contributed by atoms with Crippen LogP contribution in [-0.2, 0) is 32.2 Å². The van der Waals surface area contributed by atoms with Crippen molar-refractivity contribution in [1.29, 1.82) is 0 Å². The maximum absolute atomic E-state index is 12.0. The zero-order valence-electron chi connectivity index (χ0n) is 14.2. The minimum Gasteiger partial charge on any atom is -0.461 e. The number of carbonyl (C=O) groups is 2. The molecular weight excluding hydrogens is 322 g/mol. The highest BCUT2D eigenvalue weighted by atomic mass is 16.6. The van der Waals surface area contributed by atoms with E-state index in [0.717, 1.165) is 5.56 Å². The van der Waals surface area contributed by atoms with Gasteiger partial charge in [0.2, 0.25) is 6.54 Å². The van der Waals surface area contributed by atoms with E-state index in [4.69, 9.17) is 14.2 Å². The monoisotopic (exact) mass is 344 g/mol. The fraction of sp³-hybridized carbons (Fsp3) is 0.316. The van der Waals surface area contributed by atoms with Crippen LogP contribution in [0.1, 0.15) is 22.8 Å². The van der Waals surface area contributed by atoms with E-state index in [0.29, 0.717) is 25.4 Å². The van der Waals surface area contributed by atoms with Gasteiger partial charge in [0.25, 0.3) is 0 Å². The van der Waals surface area contributed by atoms with Crippen LogP contribution in [0.5, 0.6) is 0 Å². The Labute approximate surface area is 147 Å². The van der Waals surface area contributed by atoms with E-state index in [1.807, 2.05) is 30.3 Å². The van der Waals surface area contributed by atoms with Crippen molar-refractivity contribution in [2.24, 2.45) is 0 Å². The Bertz CT molecular complexity index is 687. The summed E-state index contributed by atoms with van der Waals surface area (Å²) in [5.74, 6) is -0.811. The number of aromatic nitrogens is 1. The third kappa shape index (κ3) is 6.73. The van der Waals surface area contributed by atoms with Crippen LogP contribution >= 0.6 is 0 Å². The molecule has 25 heavy (non-hydrogen) atoms. The quantitative estimate of drug-likeness (QED) is 0.395. The van der Waals surface area contributed by atoms with Gasteiger partial charge in [-0.25, -0.2) is 9.59 Å². The molecule has 0 aliphatic rings. The van der Waals surface area contributed by atoms with Crippen molar-refractivity contribution in [2.45, 2.75) is 20.1 Å². The van der Waals surface area contributed by atoms with E-state index >= 15 is 0 Å². The maximum Gasteiger partial charge on any atom is 0.372 e. The summed E-state index contributed by atoms with van der Waals surface area (Å²) >= 11 is 0. The summed E-state index contributed by atoms with van der Waals surface area (Å²) in [6.45, 7) is 3.08. The van der Waals surface area contributed by atoms with Gasteiger partial charge in [0.05, 0.1) is 19.8 Å². The second-order valence-corrected chi connectivity index (χ2v) is 5.24. The van der Waals surface area contributed by atoms with Crippen LogP contribution in [0.25, 0.3) is 0 Å². The maximum atomic E-state index is 12.0. The Morgan fingerprint density at radius 1 is 1.00 bits per heavy atom. The molecule has 2 aromatic rings. The lowest BCUT2D eigenvalue weighted by Gasteiger charge is -2.06. The lowest BCUT2D eigenvalue weighted by Crippen LogP contribution is -2.38. The predicted molar refractivity (Wildman–Crippen MR) is 89.7 cm³/mol. The zero-order valence-corrected chi connectivity index (χ0v) is 14.2. The zero-order chi connectivity index (χ0) is 17.9. The van der Waals surface area contributed by atoms with Crippen molar-refractivity contribution in [3.63, 3.8) is 0 Å². The summed E-state index contributed by atoms with van der Waals surface area (Å²) in [4.78, 5) is 23.5.